The molecule has 0 radical (unpaired) electrons. The van der Waals surface area contributed by atoms with E-state index >= 15 is 0 Å². The van der Waals surface area contributed by atoms with E-state index in [1.165, 1.54) is 17.5 Å². The van der Waals surface area contributed by atoms with E-state index in [9.17, 15) is 0 Å². The molecule has 1 unspecified atom stereocenters. The quantitative estimate of drug-likeness (QED) is 0.921. The van der Waals surface area contributed by atoms with Crippen LogP contribution in [0.3, 0.4) is 0 Å². The molecule has 2 heterocycles. The second kappa shape index (κ2) is 5.60. The Labute approximate surface area is 124 Å². The first-order valence-corrected chi connectivity index (χ1v) is 8.01. The fraction of sp³-hybridized carbons (Fsp3) is 0.529. The average molecular weight is 283 g/mol. The molecule has 1 fully saturated rings. The summed E-state index contributed by atoms with van der Waals surface area (Å²) < 4.78 is 5.54. The van der Waals surface area contributed by atoms with Crippen LogP contribution >= 0.6 is 0 Å². The minimum absolute atomic E-state index is 0.399. The van der Waals surface area contributed by atoms with Crippen LogP contribution in [0.15, 0.2) is 28.8 Å². The van der Waals surface area contributed by atoms with Gasteiger partial charge in [-0.2, -0.15) is 4.98 Å². The van der Waals surface area contributed by atoms with Gasteiger partial charge in [0.05, 0.1) is 5.92 Å². The first-order chi connectivity index (χ1) is 10.4. The van der Waals surface area contributed by atoms with E-state index < -0.39 is 0 Å². The van der Waals surface area contributed by atoms with Crippen molar-refractivity contribution in [3.05, 3.63) is 47.1 Å². The molecule has 0 amide bonds. The summed E-state index contributed by atoms with van der Waals surface area (Å²) in [7, 11) is 0. The largest absolute Gasteiger partial charge is 0.339 e. The topological polar surface area (TPSA) is 51.0 Å². The van der Waals surface area contributed by atoms with Crippen LogP contribution in [0.1, 0.15) is 53.9 Å². The van der Waals surface area contributed by atoms with Crippen molar-refractivity contribution in [2.45, 2.75) is 43.9 Å². The summed E-state index contributed by atoms with van der Waals surface area (Å²) in [5, 5.41) is 7.68. The number of benzene rings is 1. The maximum Gasteiger partial charge on any atom is 0.231 e. The van der Waals surface area contributed by atoms with Gasteiger partial charge in [-0.1, -0.05) is 29.4 Å². The molecule has 4 nitrogen and oxygen atoms in total. The highest BCUT2D eigenvalue weighted by atomic mass is 16.5. The van der Waals surface area contributed by atoms with Gasteiger partial charge in [0.15, 0.2) is 5.82 Å². The van der Waals surface area contributed by atoms with Crippen molar-refractivity contribution in [1.82, 2.24) is 15.5 Å². The first kappa shape index (κ1) is 13.0. The van der Waals surface area contributed by atoms with Crippen LogP contribution in [-0.4, -0.2) is 23.2 Å². The number of hydrogen-bond donors (Lipinski definition) is 1. The smallest absolute Gasteiger partial charge is 0.231 e. The van der Waals surface area contributed by atoms with Crippen molar-refractivity contribution in [2.75, 3.05) is 13.1 Å². The zero-order valence-electron chi connectivity index (χ0n) is 12.2. The Morgan fingerprint density at radius 1 is 1.10 bits per heavy atom. The van der Waals surface area contributed by atoms with E-state index in [0.717, 1.165) is 50.5 Å². The first-order valence-electron chi connectivity index (χ1n) is 8.01. The third-order valence-corrected chi connectivity index (χ3v) is 4.82. The second-order valence-electron chi connectivity index (χ2n) is 6.24. The molecule has 110 valence electrons. The molecule has 1 aliphatic heterocycles. The molecular weight excluding hydrogens is 262 g/mol. The minimum Gasteiger partial charge on any atom is -0.339 e. The van der Waals surface area contributed by atoms with Gasteiger partial charge in [-0.15, -0.1) is 0 Å². The molecule has 0 saturated carbocycles. The Morgan fingerprint density at radius 3 is 2.86 bits per heavy atom. The van der Waals surface area contributed by atoms with Gasteiger partial charge in [0.2, 0.25) is 5.89 Å². The fourth-order valence-electron chi connectivity index (χ4n) is 3.56. The number of rotatable bonds is 2. The van der Waals surface area contributed by atoms with Gasteiger partial charge >= 0.3 is 0 Å². The predicted octanol–water partition coefficient (Wildman–Crippen LogP) is 2.81. The lowest BCUT2D eigenvalue weighted by Crippen LogP contribution is -2.28. The Bertz CT molecular complexity index is 616. The maximum absolute atomic E-state index is 5.54. The molecule has 2 aliphatic rings. The Hall–Kier alpha value is -1.68. The molecule has 2 atom stereocenters. The van der Waals surface area contributed by atoms with Gasteiger partial charge < -0.3 is 9.84 Å². The molecule has 0 spiro atoms. The summed E-state index contributed by atoms with van der Waals surface area (Å²) in [6.07, 6.45) is 5.63. The standard InChI is InChI=1S/C17H21N3O/c1-2-5-13-10-14(8-7-12(13)4-1)16-19-17(21-20-16)15-6-3-9-18-11-15/h1-2,4-5,14-15,18H,3,6-11H2/t14?,15-/m1/s1. The number of aryl methyl sites for hydroxylation is 1. The van der Waals surface area contributed by atoms with Crippen LogP contribution in [0.25, 0.3) is 0 Å². The van der Waals surface area contributed by atoms with Crippen LogP contribution in [0.5, 0.6) is 0 Å². The molecule has 1 saturated heterocycles. The van der Waals surface area contributed by atoms with Crippen LogP contribution in [0.4, 0.5) is 0 Å². The average Bonchev–Trinajstić information content (AvgIpc) is 3.05. The molecule has 2 aromatic rings. The van der Waals surface area contributed by atoms with Crippen molar-refractivity contribution in [3.63, 3.8) is 0 Å². The number of nitrogens with zero attached hydrogens (tertiary/aromatic N) is 2. The minimum atomic E-state index is 0.399. The number of fused-ring (bicyclic) bond motifs is 1. The number of hydrogen-bond acceptors (Lipinski definition) is 4. The molecule has 4 heteroatoms. The summed E-state index contributed by atoms with van der Waals surface area (Å²) in [4.78, 5) is 4.71. The van der Waals surface area contributed by atoms with Crippen molar-refractivity contribution in [3.8, 4) is 0 Å². The highest BCUT2D eigenvalue weighted by Gasteiger charge is 2.27. The lowest BCUT2D eigenvalue weighted by Gasteiger charge is -2.22. The van der Waals surface area contributed by atoms with Crippen molar-refractivity contribution in [1.29, 1.82) is 0 Å². The van der Waals surface area contributed by atoms with E-state index in [4.69, 9.17) is 9.51 Å². The summed E-state index contributed by atoms with van der Waals surface area (Å²) in [6, 6.07) is 8.71. The van der Waals surface area contributed by atoms with Gasteiger partial charge in [-0.25, -0.2) is 0 Å². The van der Waals surface area contributed by atoms with Gasteiger partial charge in [0.25, 0.3) is 0 Å². The summed E-state index contributed by atoms with van der Waals surface area (Å²) >= 11 is 0. The maximum atomic E-state index is 5.54. The van der Waals surface area contributed by atoms with Gasteiger partial charge in [0, 0.05) is 12.5 Å². The number of nitrogens with one attached hydrogen (secondary N) is 1. The Morgan fingerprint density at radius 2 is 2.00 bits per heavy atom. The Kier molecular flexibility index (Phi) is 3.47. The highest BCUT2D eigenvalue weighted by Crippen LogP contribution is 2.32. The summed E-state index contributed by atoms with van der Waals surface area (Å²) in [5.74, 6) is 2.55. The molecule has 1 N–H and O–H groups in total. The SMILES string of the molecule is c1ccc2c(c1)CCC(c1noc([C@@H]3CCCNC3)n1)C2. The van der Waals surface area contributed by atoms with E-state index in [0.29, 0.717) is 11.8 Å². The molecule has 1 aromatic heterocycles. The normalized spacial score (nSPS) is 25.5. The van der Waals surface area contributed by atoms with Gasteiger partial charge in [-0.05, 0) is 49.8 Å². The molecule has 21 heavy (non-hydrogen) atoms. The third kappa shape index (κ3) is 2.60. The molecule has 1 aliphatic carbocycles. The summed E-state index contributed by atoms with van der Waals surface area (Å²) in [6.45, 7) is 2.08. The third-order valence-electron chi connectivity index (χ3n) is 4.82. The van der Waals surface area contributed by atoms with Gasteiger partial charge in [-0.3, -0.25) is 0 Å². The van der Waals surface area contributed by atoms with Crippen molar-refractivity contribution < 1.29 is 4.52 Å². The van der Waals surface area contributed by atoms with Gasteiger partial charge in [0.1, 0.15) is 0 Å². The fourth-order valence-corrected chi connectivity index (χ4v) is 3.56. The molecule has 1 aromatic carbocycles. The van der Waals surface area contributed by atoms with E-state index in [1.807, 2.05) is 0 Å². The zero-order valence-corrected chi connectivity index (χ0v) is 12.2. The molecule has 0 bridgehead atoms. The van der Waals surface area contributed by atoms with E-state index in [1.54, 1.807) is 0 Å². The second-order valence-corrected chi connectivity index (χ2v) is 6.24. The monoisotopic (exact) mass is 283 g/mol. The van der Waals surface area contributed by atoms with Crippen LogP contribution < -0.4 is 5.32 Å². The predicted molar refractivity (Wildman–Crippen MR) is 80.4 cm³/mol. The summed E-state index contributed by atoms with van der Waals surface area (Å²) in [5.41, 5.74) is 2.92. The highest BCUT2D eigenvalue weighted by molar-refractivity contribution is 5.31. The van der Waals surface area contributed by atoms with Crippen LogP contribution in [-0.2, 0) is 12.8 Å². The van der Waals surface area contributed by atoms with E-state index in [-0.39, 0.29) is 0 Å². The number of piperidine rings is 1. The lowest BCUT2D eigenvalue weighted by atomic mass is 9.83. The molecular formula is C17H21N3O. The Balaban J connectivity index is 1.51. The van der Waals surface area contributed by atoms with Crippen molar-refractivity contribution >= 4 is 0 Å². The molecule has 4 rings (SSSR count). The van der Waals surface area contributed by atoms with Crippen LogP contribution in [0, 0.1) is 0 Å². The van der Waals surface area contributed by atoms with E-state index in [2.05, 4.69) is 34.7 Å². The lowest BCUT2D eigenvalue weighted by molar-refractivity contribution is 0.318. The van der Waals surface area contributed by atoms with Crippen LogP contribution in [0.2, 0.25) is 0 Å². The van der Waals surface area contributed by atoms with Crippen molar-refractivity contribution in [2.24, 2.45) is 0 Å². The number of aromatic nitrogens is 2. The zero-order chi connectivity index (χ0) is 14.1.